The van der Waals surface area contributed by atoms with Gasteiger partial charge in [-0.25, -0.2) is 4.79 Å². The Hall–Kier alpha value is -1.99. The van der Waals surface area contributed by atoms with Gasteiger partial charge < -0.3 is 15.1 Å². The molecule has 0 bridgehead atoms. The average molecular weight is 327 g/mol. The Morgan fingerprint density at radius 3 is 2.62 bits per heavy atom. The third kappa shape index (κ3) is 5.90. The van der Waals surface area contributed by atoms with Crippen LogP contribution in [0.2, 0.25) is 0 Å². The summed E-state index contributed by atoms with van der Waals surface area (Å²) < 4.78 is 0. The number of carbonyl (C=O) groups excluding carboxylic acids is 1. The lowest BCUT2D eigenvalue weighted by Crippen LogP contribution is -2.44. The number of benzene rings is 1. The van der Waals surface area contributed by atoms with Gasteiger partial charge in [0.2, 0.25) is 0 Å². The highest BCUT2D eigenvalue weighted by atomic mass is 16.2. The number of terminal acetylenes is 1. The van der Waals surface area contributed by atoms with E-state index in [4.69, 9.17) is 6.42 Å². The summed E-state index contributed by atoms with van der Waals surface area (Å²) in [7, 11) is 0. The molecule has 1 saturated heterocycles. The number of hydrogen-bond donors (Lipinski definition) is 1. The SMILES string of the molecule is C#CCN(Cc1ccc(C)cc1)C(=O)NCCN1CCC(C)CC1. The Bertz CT molecular complexity index is 553. The molecule has 1 aliphatic rings. The molecule has 0 unspecified atom stereocenters. The maximum atomic E-state index is 12.4. The second-order valence-electron chi connectivity index (χ2n) is 6.80. The third-order valence-electron chi connectivity index (χ3n) is 4.64. The number of carbonyl (C=O) groups is 1. The van der Waals surface area contributed by atoms with Crippen molar-refractivity contribution in [3.8, 4) is 12.3 Å². The number of rotatable bonds is 6. The zero-order valence-electron chi connectivity index (χ0n) is 14.9. The molecule has 0 saturated carbocycles. The standard InChI is InChI=1S/C20H29N3O/c1-4-12-23(16-19-7-5-17(2)6-8-19)20(24)21-11-15-22-13-9-18(3)10-14-22/h1,5-8,18H,9-16H2,2-3H3,(H,21,24). The summed E-state index contributed by atoms with van der Waals surface area (Å²) >= 11 is 0. The van der Waals surface area contributed by atoms with Crippen LogP contribution in [0.25, 0.3) is 0 Å². The quantitative estimate of drug-likeness (QED) is 0.816. The number of aryl methyl sites for hydroxylation is 1. The summed E-state index contributed by atoms with van der Waals surface area (Å²) in [5, 5.41) is 3.01. The van der Waals surface area contributed by atoms with Crippen molar-refractivity contribution >= 4 is 6.03 Å². The van der Waals surface area contributed by atoms with E-state index in [2.05, 4.69) is 42.1 Å². The van der Waals surface area contributed by atoms with E-state index in [-0.39, 0.29) is 6.03 Å². The largest absolute Gasteiger partial charge is 0.337 e. The van der Waals surface area contributed by atoms with Gasteiger partial charge in [0.1, 0.15) is 0 Å². The first kappa shape index (κ1) is 18.4. The van der Waals surface area contributed by atoms with E-state index in [1.807, 2.05) is 12.1 Å². The number of piperidine rings is 1. The monoisotopic (exact) mass is 327 g/mol. The lowest BCUT2D eigenvalue weighted by Gasteiger charge is -2.30. The van der Waals surface area contributed by atoms with E-state index in [1.54, 1.807) is 4.90 Å². The predicted octanol–water partition coefficient (Wildman–Crippen LogP) is 2.87. The molecule has 0 radical (unpaired) electrons. The van der Waals surface area contributed by atoms with E-state index in [0.29, 0.717) is 19.6 Å². The number of hydrogen-bond acceptors (Lipinski definition) is 2. The lowest BCUT2D eigenvalue weighted by atomic mass is 9.99. The van der Waals surface area contributed by atoms with Gasteiger partial charge in [0.05, 0.1) is 6.54 Å². The first-order valence-corrected chi connectivity index (χ1v) is 8.82. The van der Waals surface area contributed by atoms with Crippen molar-refractivity contribution in [2.24, 2.45) is 5.92 Å². The summed E-state index contributed by atoms with van der Waals surface area (Å²) in [5.41, 5.74) is 2.30. The van der Waals surface area contributed by atoms with Crippen LogP contribution in [0, 0.1) is 25.2 Å². The summed E-state index contributed by atoms with van der Waals surface area (Å²) in [4.78, 5) is 16.5. The Morgan fingerprint density at radius 1 is 1.33 bits per heavy atom. The number of nitrogens with zero attached hydrogens (tertiary/aromatic N) is 2. The van der Waals surface area contributed by atoms with Crippen LogP contribution >= 0.6 is 0 Å². The van der Waals surface area contributed by atoms with Gasteiger partial charge in [0.15, 0.2) is 0 Å². The van der Waals surface area contributed by atoms with Crippen LogP contribution in [0.15, 0.2) is 24.3 Å². The molecule has 0 atom stereocenters. The first-order chi connectivity index (χ1) is 11.6. The summed E-state index contributed by atoms with van der Waals surface area (Å²) in [6.45, 7) is 9.06. The van der Waals surface area contributed by atoms with Gasteiger partial charge in [-0.15, -0.1) is 6.42 Å². The Balaban J connectivity index is 1.78. The molecule has 1 heterocycles. The molecule has 1 N–H and O–H groups in total. The van der Waals surface area contributed by atoms with E-state index in [9.17, 15) is 4.79 Å². The molecule has 1 aromatic carbocycles. The molecular formula is C20H29N3O. The van der Waals surface area contributed by atoms with Crippen molar-refractivity contribution in [2.45, 2.75) is 33.2 Å². The molecule has 4 heteroatoms. The minimum Gasteiger partial charge on any atom is -0.337 e. The fourth-order valence-electron chi connectivity index (χ4n) is 2.94. The van der Waals surface area contributed by atoms with Crippen molar-refractivity contribution in [2.75, 3.05) is 32.7 Å². The van der Waals surface area contributed by atoms with Gasteiger partial charge in [-0.3, -0.25) is 0 Å². The van der Waals surface area contributed by atoms with Crippen molar-refractivity contribution in [3.05, 3.63) is 35.4 Å². The molecule has 2 rings (SSSR count). The van der Waals surface area contributed by atoms with E-state index < -0.39 is 0 Å². The second-order valence-corrected chi connectivity index (χ2v) is 6.80. The van der Waals surface area contributed by atoms with Crippen LogP contribution in [-0.2, 0) is 6.54 Å². The summed E-state index contributed by atoms with van der Waals surface area (Å²) in [6.07, 6.45) is 7.93. The average Bonchev–Trinajstić information content (AvgIpc) is 2.58. The molecule has 0 spiro atoms. The van der Waals surface area contributed by atoms with Crippen LogP contribution < -0.4 is 5.32 Å². The third-order valence-corrected chi connectivity index (χ3v) is 4.64. The first-order valence-electron chi connectivity index (χ1n) is 8.82. The highest BCUT2D eigenvalue weighted by Gasteiger charge is 2.16. The maximum absolute atomic E-state index is 12.4. The van der Waals surface area contributed by atoms with E-state index >= 15 is 0 Å². The molecule has 0 aliphatic carbocycles. The van der Waals surface area contributed by atoms with Crippen molar-refractivity contribution in [1.29, 1.82) is 0 Å². The van der Waals surface area contributed by atoms with Crippen molar-refractivity contribution in [1.82, 2.24) is 15.1 Å². The number of likely N-dealkylation sites (tertiary alicyclic amines) is 1. The predicted molar refractivity (Wildman–Crippen MR) is 98.7 cm³/mol. The molecule has 130 valence electrons. The van der Waals surface area contributed by atoms with Crippen LogP contribution in [0.4, 0.5) is 4.79 Å². The molecule has 4 nitrogen and oxygen atoms in total. The maximum Gasteiger partial charge on any atom is 0.318 e. The topological polar surface area (TPSA) is 35.6 Å². The fraction of sp³-hybridized carbons (Fsp3) is 0.550. The normalized spacial score (nSPS) is 15.7. The van der Waals surface area contributed by atoms with E-state index in [1.165, 1.54) is 18.4 Å². The number of amides is 2. The summed E-state index contributed by atoms with van der Waals surface area (Å²) in [6, 6.07) is 8.11. The van der Waals surface area contributed by atoms with Crippen LogP contribution in [0.5, 0.6) is 0 Å². The second kappa shape index (κ2) is 9.34. The van der Waals surface area contributed by atoms with Crippen LogP contribution in [0.3, 0.4) is 0 Å². The van der Waals surface area contributed by atoms with Crippen LogP contribution in [-0.4, -0.2) is 48.6 Å². The lowest BCUT2D eigenvalue weighted by molar-refractivity contribution is 0.183. The van der Waals surface area contributed by atoms with Crippen molar-refractivity contribution < 1.29 is 4.79 Å². The fourth-order valence-corrected chi connectivity index (χ4v) is 2.94. The van der Waals surface area contributed by atoms with Gasteiger partial charge in [-0.1, -0.05) is 42.7 Å². The molecule has 24 heavy (non-hydrogen) atoms. The Labute approximate surface area is 146 Å². The van der Waals surface area contributed by atoms with Gasteiger partial charge >= 0.3 is 6.03 Å². The minimum absolute atomic E-state index is 0.0843. The zero-order valence-corrected chi connectivity index (χ0v) is 14.9. The highest BCUT2D eigenvalue weighted by Crippen LogP contribution is 2.15. The van der Waals surface area contributed by atoms with Gasteiger partial charge in [0, 0.05) is 19.6 Å². The highest BCUT2D eigenvalue weighted by molar-refractivity contribution is 5.74. The van der Waals surface area contributed by atoms with Crippen LogP contribution in [0.1, 0.15) is 30.9 Å². The molecule has 1 aromatic rings. The molecular weight excluding hydrogens is 298 g/mol. The Kier molecular flexibility index (Phi) is 7.14. The van der Waals surface area contributed by atoms with Gasteiger partial charge in [-0.05, 0) is 44.3 Å². The molecule has 0 aromatic heterocycles. The molecule has 1 fully saturated rings. The van der Waals surface area contributed by atoms with E-state index in [0.717, 1.165) is 31.1 Å². The smallest absolute Gasteiger partial charge is 0.318 e. The van der Waals surface area contributed by atoms with Gasteiger partial charge in [-0.2, -0.15) is 0 Å². The number of nitrogens with one attached hydrogen (secondary N) is 1. The molecule has 2 amide bonds. The Morgan fingerprint density at radius 2 is 2.00 bits per heavy atom. The summed E-state index contributed by atoms with van der Waals surface area (Å²) in [5.74, 6) is 3.41. The van der Waals surface area contributed by atoms with Gasteiger partial charge in [0.25, 0.3) is 0 Å². The zero-order chi connectivity index (χ0) is 17.4. The van der Waals surface area contributed by atoms with Crippen molar-refractivity contribution in [3.63, 3.8) is 0 Å². The molecule has 1 aliphatic heterocycles. The number of urea groups is 1. The minimum atomic E-state index is -0.0843.